The second kappa shape index (κ2) is 5.26. The second-order valence-corrected chi connectivity index (χ2v) is 7.36. The van der Waals surface area contributed by atoms with E-state index >= 15 is 0 Å². The fourth-order valence-corrected chi connectivity index (χ4v) is 4.93. The molecule has 1 fully saturated rings. The Balaban J connectivity index is 2.50. The average Bonchev–Trinajstić information content (AvgIpc) is 2.34. The first-order valence-electron chi connectivity index (χ1n) is 5.68. The largest absolute Gasteiger partial charge is 0.399 e. The predicted octanol–water partition coefficient (Wildman–Crippen LogP) is 1.67. The first-order valence-corrected chi connectivity index (χ1v) is 8.27. The van der Waals surface area contributed by atoms with Crippen LogP contribution >= 0.6 is 11.8 Å². The first-order chi connectivity index (χ1) is 8.84. The van der Waals surface area contributed by atoms with Crippen molar-refractivity contribution in [2.45, 2.75) is 17.9 Å². The van der Waals surface area contributed by atoms with Gasteiger partial charge in [0.1, 0.15) is 4.90 Å². The van der Waals surface area contributed by atoms with Gasteiger partial charge in [0.15, 0.2) is 11.6 Å². The molecular formula is C11H14F2N2O2S2. The predicted molar refractivity (Wildman–Crippen MR) is 71.4 cm³/mol. The summed E-state index contributed by atoms with van der Waals surface area (Å²) in [6.45, 7) is 2.02. The summed E-state index contributed by atoms with van der Waals surface area (Å²) in [5.41, 5.74) is 5.28. The van der Waals surface area contributed by atoms with Gasteiger partial charge in [-0.25, -0.2) is 17.2 Å². The maximum Gasteiger partial charge on any atom is 0.246 e. The number of rotatable bonds is 2. The highest BCUT2D eigenvalue weighted by molar-refractivity contribution is 7.99. The SMILES string of the molecule is CC1CSCCN1S(=O)(=O)c1cc(N)cc(F)c1F. The zero-order valence-electron chi connectivity index (χ0n) is 10.3. The highest BCUT2D eigenvalue weighted by atomic mass is 32.2. The minimum Gasteiger partial charge on any atom is -0.399 e. The average molecular weight is 308 g/mol. The van der Waals surface area contributed by atoms with Crippen LogP contribution in [0.5, 0.6) is 0 Å². The van der Waals surface area contributed by atoms with E-state index in [2.05, 4.69) is 0 Å². The number of nitrogens with two attached hydrogens (primary N) is 1. The van der Waals surface area contributed by atoms with Gasteiger partial charge in [0.05, 0.1) is 0 Å². The summed E-state index contributed by atoms with van der Waals surface area (Å²) < 4.78 is 53.0. The Morgan fingerprint density at radius 3 is 2.74 bits per heavy atom. The molecule has 1 aliphatic rings. The normalized spacial score (nSPS) is 21.5. The maximum atomic E-state index is 13.7. The molecule has 0 amide bonds. The van der Waals surface area contributed by atoms with E-state index in [1.165, 1.54) is 4.31 Å². The molecule has 1 saturated heterocycles. The molecule has 2 rings (SSSR count). The summed E-state index contributed by atoms with van der Waals surface area (Å²) in [5.74, 6) is -1.36. The van der Waals surface area contributed by atoms with Crippen molar-refractivity contribution < 1.29 is 17.2 Å². The van der Waals surface area contributed by atoms with Crippen LogP contribution in [-0.2, 0) is 10.0 Å². The summed E-state index contributed by atoms with van der Waals surface area (Å²) in [7, 11) is -4.06. The van der Waals surface area contributed by atoms with Crippen LogP contribution in [0.1, 0.15) is 6.92 Å². The van der Waals surface area contributed by atoms with Gasteiger partial charge in [0.25, 0.3) is 0 Å². The molecule has 0 radical (unpaired) electrons. The van der Waals surface area contributed by atoms with E-state index in [0.29, 0.717) is 11.5 Å². The van der Waals surface area contributed by atoms with Crippen molar-refractivity contribution in [2.75, 3.05) is 23.8 Å². The molecule has 0 saturated carbocycles. The minimum atomic E-state index is -4.06. The van der Waals surface area contributed by atoms with Crippen LogP contribution in [0, 0.1) is 11.6 Å². The zero-order chi connectivity index (χ0) is 14.2. The van der Waals surface area contributed by atoms with Gasteiger partial charge in [0.2, 0.25) is 10.0 Å². The van der Waals surface area contributed by atoms with Crippen LogP contribution in [0.3, 0.4) is 0 Å². The molecule has 0 aromatic heterocycles. The van der Waals surface area contributed by atoms with Crippen LogP contribution in [0.15, 0.2) is 17.0 Å². The Kier molecular flexibility index (Phi) is 4.03. The lowest BCUT2D eigenvalue weighted by Gasteiger charge is -2.32. The van der Waals surface area contributed by atoms with E-state index in [-0.39, 0.29) is 18.3 Å². The molecule has 1 aromatic carbocycles. The molecule has 0 aliphatic carbocycles. The Morgan fingerprint density at radius 2 is 2.11 bits per heavy atom. The van der Waals surface area contributed by atoms with Crippen LogP contribution < -0.4 is 5.73 Å². The smallest absolute Gasteiger partial charge is 0.246 e. The lowest BCUT2D eigenvalue weighted by molar-refractivity contribution is 0.363. The highest BCUT2D eigenvalue weighted by Gasteiger charge is 2.34. The van der Waals surface area contributed by atoms with Crippen LogP contribution in [0.2, 0.25) is 0 Å². The van der Waals surface area contributed by atoms with Crippen LogP contribution in [0.25, 0.3) is 0 Å². The lowest BCUT2D eigenvalue weighted by Crippen LogP contribution is -2.44. The van der Waals surface area contributed by atoms with E-state index in [0.717, 1.165) is 12.1 Å². The molecule has 0 spiro atoms. The van der Waals surface area contributed by atoms with Crippen molar-refractivity contribution in [1.29, 1.82) is 0 Å². The molecule has 1 heterocycles. The van der Waals surface area contributed by atoms with E-state index in [4.69, 9.17) is 5.73 Å². The lowest BCUT2D eigenvalue weighted by atomic mass is 10.3. The molecule has 106 valence electrons. The van der Waals surface area contributed by atoms with Gasteiger partial charge in [-0.05, 0) is 19.1 Å². The Labute approximate surface area is 115 Å². The minimum absolute atomic E-state index is 0.114. The number of sulfonamides is 1. The van der Waals surface area contributed by atoms with Crippen molar-refractivity contribution in [3.8, 4) is 0 Å². The zero-order valence-corrected chi connectivity index (χ0v) is 11.9. The fraction of sp³-hybridized carbons (Fsp3) is 0.455. The van der Waals surface area contributed by atoms with E-state index in [1.54, 1.807) is 18.7 Å². The molecule has 4 nitrogen and oxygen atoms in total. The number of thioether (sulfide) groups is 1. The number of anilines is 1. The van der Waals surface area contributed by atoms with Crippen molar-refractivity contribution in [1.82, 2.24) is 4.31 Å². The summed E-state index contributed by atoms with van der Waals surface area (Å²) in [4.78, 5) is -0.691. The highest BCUT2D eigenvalue weighted by Crippen LogP contribution is 2.28. The quantitative estimate of drug-likeness (QED) is 0.844. The Morgan fingerprint density at radius 1 is 1.42 bits per heavy atom. The van der Waals surface area contributed by atoms with Gasteiger partial charge in [-0.1, -0.05) is 0 Å². The van der Waals surface area contributed by atoms with E-state index < -0.39 is 26.6 Å². The summed E-state index contributed by atoms with van der Waals surface area (Å²) in [5, 5.41) is 0. The number of halogens is 2. The first kappa shape index (κ1) is 14.5. The number of benzene rings is 1. The van der Waals surface area contributed by atoms with Gasteiger partial charge in [-0.15, -0.1) is 0 Å². The van der Waals surface area contributed by atoms with Gasteiger partial charge in [-0.2, -0.15) is 16.1 Å². The van der Waals surface area contributed by atoms with Crippen molar-refractivity contribution in [2.24, 2.45) is 0 Å². The Bertz CT molecular complexity index is 593. The van der Waals surface area contributed by atoms with Gasteiger partial charge >= 0.3 is 0 Å². The van der Waals surface area contributed by atoms with Gasteiger partial charge in [0, 0.05) is 29.8 Å². The van der Waals surface area contributed by atoms with Crippen molar-refractivity contribution >= 4 is 27.5 Å². The standard InChI is InChI=1S/C11H14F2N2O2S2/c1-7-6-18-3-2-15(7)19(16,17)10-5-8(14)4-9(12)11(10)13/h4-5,7H,2-3,6,14H2,1H3. The van der Waals surface area contributed by atoms with Gasteiger partial charge in [-0.3, -0.25) is 0 Å². The second-order valence-electron chi connectivity index (χ2n) is 4.35. The maximum absolute atomic E-state index is 13.7. The topological polar surface area (TPSA) is 63.4 Å². The van der Waals surface area contributed by atoms with E-state index in [1.807, 2.05) is 0 Å². The number of hydrogen-bond donors (Lipinski definition) is 1. The monoisotopic (exact) mass is 308 g/mol. The molecular weight excluding hydrogens is 294 g/mol. The van der Waals surface area contributed by atoms with Crippen molar-refractivity contribution in [3.63, 3.8) is 0 Å². The molecule has 2 N–H and O–H groups in total. The molecule has 1 unspecified atom stereocenters. The van der Waals surface area contributed by atoms with Crippen LogP contribution in [0.4, 0.5) is 14.5 Å². The number of hydrogen-bond acceptors (Lipinski definition) is 4. The molecule has 1 aliphatic heterocycles. The summed E-state index contributed by atoms with van der Waals surface area (Å²) in [6.07, 6.45) is 0. The molecule has 0 bridgehead atoms. The molecule has 1 aromatic rings. The third kappa shape index (κ3) is 2.70. The Hall–Kier alpha value is -0.860. The fourth-order valence-electron chi connectivity index (χ4n) is 1.97. The number of nitrogens with zero attached hydrogens (tertiary/aromatic N) is 1. The summed E-state index contributed by atoms with van der Waals surface area (Å²) >= 11 is 1.63. The van der Waals surface area contributed by atoms with E-state index in [9.17, 15) is 17.2 Å². The third-order valence-corrected chi connectivity index (χ3v) is 6.11. The molecule has 8 heteroatoms. The third-order valence-electron chi connectivity index (χ3n) is 2.91. The van der Waals surface area contributed by atoms with Crippen molar-refractivity contribution in [3.05, 3.63) is 23.8 Å². The van der Waals surface area contributed by atoms with Gasteiger partial charge < -0.3 is 5.73 Å². The summed E-state index contributed by atoms with van der Waals surface area (Å²) in [6, 6.07) is 1.47. The molecule has 1 atom stereocenters. The molecule has 19 heavy (non-hydrogen) atoms. The number of nitrogen functional groups attached to an aromatic ring is 1. The van der Waals surface area contributed by atoms with Crippen LogP contribution in [-0.4, -0.2) is 36.8 Å².